The normalized spacial score (nSPS) is 20.1. The summed E-state index contributed by atoms with van der Waals surface area (Å²) < 4.78 is 2.92. The standard InChI is InChI=1S/C13H22BrN5O/c1-4-16-13(20)10-7-15-5-6-19(10)8-11-12(14)9(2)17-18(11)3/h10,15H,4-8H2,1-3H3,(H,16,20). The fourth-order valence-electron chi connectivity index (χ4n) is 2.53. The number of halogens is 1. The predicted octanol–water partition coefficient (Wildman–Crippen LogP) is 0.401. The molecule has 0 spiro atoms. The first kappa shape index (κ1) is 15.5. The number of piperazine rings is 1. The molecule has 1 aliphatic rings. The average Bonchev–Trinajstić information content (AvgIpc) is 2.66. The van der Waals surface area contributed by atoms with Crippen molar-refractivity contribution in [1.82, 2.24) is 25.3 Å². The van der Waals surface area contributed by atoms with Gasteiger partial charge in [-0.25, -0.2) is 0 Å². The van der Waals surface area contributed by atoms with Crippen LogP contribution in [0.15, 0.2) is 4.47 Å². The van der Waals surface area contributed by atoms with Gasteiger partial charge in [0, 0.05) is 39.8 Å². The second-order valence-electron chi connectivity index (χ2n) is 5.05. The number of nitrogens with one attached hydrogen (secondary N) is 2. The molecule has 6 nitrogen and oxygen atoms in total. The van der Waals surface area contributed by atoms with Crippen molar-refractivity contribution >= 4 is 21.8 Å². The highest BCUT2D eigenvalue weighted by Crippen LogP contribution is 2.22. The summed E-state index contributed by atoms with van der Waals surface area (Å²) in [5.41, 5.74) is 2.09. The summed E-state index contributed by atoms with van der Waals surface area (Å²) in [7, 11) is 1.94. The van der Waals surface area contributed by atoms with Crippen molar-refractivity contribution in [3.8, 4) is 0 Å². The van der Waals surface area contributed by atoms with Crippen LogP contribution in [0.2, 0.25) is 0 Å². The largest absolute Gasteiger partial charge is 0.355 e. The zero-order valence-corrected chi connectivity index (χ0v) is 13.8. The summed E-state index contributed by atoms with van der Waals surface area (Å²) in [6, 6.07) is -0.120. The monoisotopic (exact) mass is 343 g/mol. The number of aryl methyl sites for hydroxylation is 2. The Morgan fingerprint density at radius 3 is 2.95 bits per heavy atom. The molecule has 0 aliphatic carbocycles. The first-order valence-corrected chi connectivity index (χ1v) is 7.74. The van der Waals surface area contributed by atoms with Gasteiger partial charge in [-0.15, -0.1) is 0 Å². The van der Waals surface area contributed by atoms with Gasteiger partial charge in [0.2, 0.25) is 5.91 Å². The van der Waals surface area contributed by atoms with Gasteiger partial charge in [0.15, 0.2) is 0 Å². The van der Waals surface area contributed by atoms with Gasteiger partial charge < -0.3 is 10.6 Å². The number of carbonyl (C=O) groups excluding carboxylic acids is 1. The number of nitrogens with zero attached hydrogens (tertiary/aromatic N) is 3. The van der Waals surface area contributed by atoms with Gasteiger partial charge in [-0.2, -0.15) is 5.10 Å². The summed E-state index contributed by atoms with van der Waals surface area (Å²) in [6.07, 6.45) is 0. The molecule has 0 aromatic carbocycles. The van der Waals surface area contributed by atoms with Crippen LogP contribution >= 0.6 is 15.9 Å². The Bertz CT molecular complexity index is 487. The highest BCUT2D eigenvalue weighted by Gasteiger charge is 2.29. The minimum absolute atomic E-state index is 0.0923. The quantitative estimate of drug-likeness (QED) is 0.830. The van der Waals surface area contributed by atoms with Crippen molar-refractivity contribution in [2.24, 2.45) is 7.05 Å². The molecule has 1 unspecified atom stereocenters. The lowest BCUT2D eigenvalue weighted by Gasteiger charge is -2.35. The van der Waals surface area contributed by atoms with Gasteiger partial charge in [-0.1, -0.05) is 0 Å². The van der Waals surface area contributed by atoms with E-state index >= 15 is 0 Å². The van der Waals surface area contributed by atoms with Crippen molar-refractivity contribution in [3.05, 3.63) is 15.9 Å². The number of rotatable bonds is 4. The summed E-state index contributed by atoms with van der Waals surface area (Å²) in [4.78, 5) is 14.4. The van der Waals surface area contributed by atoms with Crippen LogP contribution in [0.4, 0.5) is 0 Å². The molecule has 2 rings (SSSR count). The number of likely N-dealkylation sites (N-methyl/N-ethyl adjacent to an activating group) is 1. The fourth-order valence-corrected chi connectivity index (χ4v) is 2.99. The van der Waals surface area contributed by atoms with E-state index in [1.54, 1.807) is 0 Å². The third-order valence-electron chi connectivity index (χ3n) is 3.62. The lowest BCUT2D eigenvalue weighted by molar-refractivity contribution is -0.127. The molecule has 1 saturated heterocycles. The Balaban J connectivity index is 2.14. The highest BCUT2D eigenvalue weighted by molar-refractivity contribution is 9.10. The maximum absolute atomic E-state index is 12.1. The number of aromatic nitrogens is 2. The van der Waals surface area contributed by atoms with E-state index in [0.29, 0.717) is 13.1 Å². The van der Waals surface area contributed by atoms with E-state index in [4.69, 9.17) is 0 Å². The second kappa shape index (κ2) is 6.69. The van der Waals surface area contributed by atoms with Crippen LogP contribution in [-0.4, -0.2) is 52.8 Å². The van der Waals surface area contributed by atoms with Crippen LogP contribution in [-0.2, 0) is 18.4 Å². The molecule has 7 heteroatoms. The zero-order chi connectivity index (χ0) is 14.7. The van der Waals surface area contributed by atoms with E-state index in [-0.39, 0.29) is 11.9 Å². The average molecular weight is 344 g/mol. The van der Waals surface area contributed by atoms with E-state index in [1.807, 2.05) is 25.6 Å². The first-order valence-electron chi connectivity index (χ1n) is 6.95. The zero-order valence-electron chi connectivity index (χ0n) is 12.2. The third kappa shape index (κ3) is 3.21. The molecule has 20 heavy (non-hydrogen) atoms. The van der Waals surface area contributed by atoms with Crippen LogP contribution in [0.5, 0.6) is 0 Å². The minimum atomic E-state index is -0.120. The van der Waals surface area contributed by atoms with E-state index < -0.39 is 0 Å². The molecular formula is C13H22BrN5O. The summed E-state index contributed by atoms with van der Waals surface area (Å²) in [6.45, 7) is 7.77. The van der Waals surface area contributed by atoms with E-state index in [1.165, 1.54) is 0 Å². The van der Waals surface area contributed by atoms with Crippen LogP contribution in [0.1, 0.15) is 18.3 Å². The maximum Gasteiger partial charge on any atom is 0.238 e. The van der Waals surface area contributed by atoms with Gasteiger partial charge in [0.05, 0.1) is 15.9 Å². The van der Waals surface area contributed by atoms with E-state index in [9.17, 15) is 4.79 Å². The molecule has 1 aliphatic heterocycles. The van der Waals surface area contributed by atoms with Crippen LogP contribution in [0.25, 0.3) is 0 Å². The Hall–Kier alpha value is -0.920. The minimum Gasteiger partial charge on any atom is -0.355 e. The second-order valence-corrected chi connectivity index (χ2v) is 5.85. The number of hydrogen-bond acceptors (Lipinski definition) is 4. The van der Waals surface area contributed by atoms with Gasteiger partial charge in [0.25, 0.3) is 0 Å². The highest BCUT2D eigenvalue weighted by atomic mass is 79.9. The van der Waals surface area contributed by atoms with Crippen molar-refractivity contribution in [2.45, 2.75) is 26.4 Å². The topological polar surface area (TPSA) is 62.2 Å². The molecule has 1 fully saturated rings. The Morgan fingerprint density at radius 2 is 2.35 bits per heavy atom. The Morgan fingerprint density at radius 1 is 1.60 bits per heavy atom. The van der Waals surface area contributed by atoms with E-state index in [0.717, 1.165) is 35.5 Å². The number of carbonyl (C=O) groups is 1. The SMILES string of the molecule is CCNC(=O)C1CNCCN1Cc1c(Br)c(C)nn1C. The van der Waals surface area contributed by atoms with Crippen LogP contribution in [0.3, 0.4) is 0 Å². The van der Waals surface area contributed by atoms with Crippen molar-refractivity contribution in [1.29, 1.82) is 0 Å². The van der Waals surface area contributed by atoms with E-state index in [2.05, 4.69) is 36.6 Å². The molecule has 0 radical (unpaired) electrons. The van der Waals surface area contributed by atoms with Gasteiger partial charge in [-0.05, 0) is 29.8 Å². The molecule has 2 heterocycles. The predicted molar refractivity (Wildman–Crippen MR) is 81.4 cm³/mol. The molecular weight excluding hydrogens is 322 g/mol. The smallest absolute Gasteiger partial charge is 0.238 e. The summed E-state index contributed by atoms with van der Waals surface area (Å²) in [5.74, 6) is 0.0923. The van der Waals surface area contributed by atoms with Crippen LogP contribution < -0.4 is 10.6 Å². The molecule has 1 aromatic heterocycles. The molecule has 0 bridgehead atoms. The Labute approximate surface area is 128 Å². The molecule has 2 N–H and O–H groups in total. The van der Waals surface area contributed by atoms with Crippen molar-refractivity contribution in [2.75, 3.05) is 26.2 Å². The molecule has 1 aromatic rings. The lowest BCUT2D eigenvalue weighted by Crippen LogP contribution is -2.57. The van der Waals surface area contributed by atoms with Crippen LogP contribution in [0, 0.1) is 6.92 Å². The fraction of sp³-hybridized carbons (Fsp3) is 0.692. The molecule has 0 saturated carbocycles. The lowest BCUT2D eigenvalue weighted by atomic mass is 10.1. The van der Waals surface area contributed by atoms with Crippen molar-refractivity contribution < 1.29 is 4.79 Å². The molecule has 1 atom stereocenters. The summed E-state index contributed by atoms with van der Waals surface area (Å²) >= 11 is 3.59. The molecule has 1 amide bonds. The number of hydrogen-bond donors (Lipinski definition) is 2. The maximum atomic E-state index is 12.1. The number of amides is 1. The summed E-state index contributed by atoms with van der Waals surface area (Å²) in [5, 5.41) is 10.6. The van der Waals surface area contributed by atoms with Crippen molar-refractivity contribution in [3.63, 3.8) is 0 Å². The molecule has 112 valence electrons. The van der Waals surface area contributed by atoms with Gasteiger partial charge in [-0.3, -0.25) is 14.4 Å². The third-order valence-corrected chi connectivity index (χ3v) is 4.65. The van der Waals surface area contributed by atoms with Gasteiger partial charge in [0.1, 0.15) is 6.04 Å². The Kier molecular flexibility index (Phi) is 5.17. The van der Waals surface area contributed by atoms with Gasteiger partial charge >= 0.3 is 0 Å². The first-order chi connectivity index (χ1) is 9.54.